The Hall–Kier alpha value is -0.980. The lowest BCUT2D eigenvalue weighted by molar-refractivity contribution is 0.0882. The monoisotopic (exact) mass is 272 g/mol. The van der Waals surface area contributed by atoms with Crippen LogP contribution in [0.1, 0.15) is 76.2 Å². The van der Waals surface area contributed by atoms with Crippen LogP contribution in [0.2, 0.25) is 0 Å². The van der Waals surface area contributed by atoms with E-state index in [9.17, 15) is 5.11 Å². The van der Waals surface area contributed by atoms with Crippen molar-refractivity contribution in [3.05, 3.63) is 29.8 Å². The molecule has 1 aromatic rings. The van der Waals surface area contributed by atoms with Crippen LogP contribution in [0.25, 0.3) is 0 Å². The second-order valence-electron chi connectivity index (χ2n) is 7.22. The lowest BCUT2D eigenvalue weighted by Gasteiger charge is -2.45. The summed E-state index contributed by atoms with van der Waals surface area (Å²) in [4.78, 5) is 0. The molecule has 2 aliphatic carbocycles. The van der Waals surface area contributed by atoms with Crippen LogP contribution >= 0.6 is 0 Å². The van der Waals surface area contributed by atoms with Crippen molar-refractivity contribution in [1.29, 1.82) is 0 Å². The molecule has 2 fully saturated rings. The third kappa shape index (κ3) is 2.87. The molecule has 1 spiro atoms. The minimum absolute atomic E-state index is 0.388. The molecule has 2 saturated carbocycles. The highest BCUT2D eigenvalue weighted by Crippen LogP contribution is 2.52. The van der Waals surface area contributed by atoms with E-state index in [1.165, 1.54) is 63.4 Å². The van der Waals surface area contributed by atoms with Crippen LogP contribution in [-0.2, 0) is 0 Å². The molecule has 0 radical (unpaired) electrons. The Labute approximate surface area is 123 Å². The van der Waals surface area contributed by atoms with E-state index in [2.05, 4.69) is 19.1 Å². The van der Waals surface area contributed by atoms with Crippen molar-refractivity contribution in [3.63, 3.8) is 0 Å². The Bertz CT molecular complexity index is 416. The zero-order chi connectivity index (χ0) is 14.0. The van der Waals surface area contributed by atoms with Crippen molar-refractivity contribution >= 4 is 0 Å². The van der Waals surface area contributed by atoms with E-state index in [0.717, 1.165) is 11.8 Å². The number of aromatic hydroxyl groups is 1. The molecule has 1 N–H and O–H groups in total. The van der Waals surface area contributed by atoms with E-state index in [-0.39, 0.29) is 0 Å². The van der Waals surface area contributed by atoms with Gasteiger partial charge in [-0.1, -0.05) is 25.5 Å². The fourth-order valence-corrected chi connectivity index (χ4v) is 4.51. The molecule has 1 nitrogen and oxygen atoms in total. The van der Waals surface area contributed by atoms with Crippen molar-refractivity contribution in [3.8, 4) is 5.75 Å². The fraction of sp³-hybridized carbons (Fsp3) is 0.684. The summed E-state index contributed by atoms with van der Waals surface area (Å²) in [5, 5.41) is 9.40. The van der Waals surface area contributed by atoms with Crippen LogP contribution in [0.4, 0.5) is 0 Å². The van der Waals surface area contributed by atoms with E-state index < -0.39 is 0 Å². The molecule has 3 rings (SSSR count). The van der Waals surface area contributed by atoms with Gasteiger partial charge in [0.2, 0.25) is 0 Å². The summed E-state index contributed by atoms with van der Waals surface area (Å²) >= 11 is 0. The number of rotatable bonds is 2. The van der Waals surface area contributed by atoms with Gasteiger partial charge in [-0.2, -0.15) is 0 Å². The lowest BCUT2D eigenvalue weighted by Crippen LogP contribution is -2.31. The average molecular weight is 272 g/mol. The number of phenolic OH excluding ortho intramolecular Hbond substituents is 1. The molecule has 0 aliphatic heterocycles. The first-order valence-electron chi connectivity index (χ1n) is 8.50. The molecule has 2 aliphatic rings. The number of benzene rings is 1. The fourth-order valence-electron chi connectivity index (χ4n) is 4.51. The summed E-state index contributed by atoms with van der Waals surface area (Å²) in [6.45, 7) is 2.35. The van der Waals surface area contributed by atoms with Crippen LogP contribution in [0.3, 0.4) is 0 Å². The quantitative estimate of drug-likeness (QED) is 0.739. The molecule has 1 aromatic carbocycles. The number of phenols is 1. The molecule has 20 heavy (non-hydrogen) atoms. The highest BCUT2D eigenvalue weighted by Gasteiger charge is 2.38. The SMILES string of the molecule is CCC1CCC2(CC1)CCC(c1ccc(O)cc1)CC2. The van der Waals surface area contributed by atoms with E-state index in [1.807, 2.05) is 12.1 Å². The van der Waals surface area contributed by atoms with Gasteiger partial charge in [0.15, 0.2) is 0 Å². The van der Waals surface area contributed by atoms with Gasteiger partial charge in [0.1, 0.15) is 5.75 Å². The largest absolute Gasteiger partial charge is 0.508 e. The van der Waals surface area contributed by atoms with Gasteiger partial charge in [-0.15, -0.1) is 0 Å². The Morgan fingerprint density at radius 2 is 1.50 bits per heavy atom. The minimum Gasteiger partial charge on any atom is -0.508 e. The van der Waals surface area contributed by atoms with E-state index in [4.69, 9.17) is 0 Å². The molecule has 0 atom stereocenters. The van der Waals surface area contributed by atoms with Gasteiger partial charge in [0.25, 0.3) is 0 Å². The van der Waals surface area contributed by atoms with Crippen LogP contribution < -0.4 is 0 Å². The first-order chi connectivity index (χ1) is 9.71. The van der Waals surface area contributed by atoms with Gasteiger partial charge in [0, 0.05) is 0 Å². The molecule has 0 saturated heterocycles. The van der Waals surface area contributed by atoms with Gasteiger partial charge >= 0.3 is 0 Å². The summed E-state index contributed by atoms with van der Waals surface area (Å²) in [6, 6.07) is 7.91. The highest BCUT2D eigenvalue weighted by atomic mass is 16.3. The van der Waals surface area contributed by atoms with Crippen LogP contribution in [0.15, 0.2) is 24.3 Å². The molecule has 0 unspecified atom stereocenters. The van der Waals surface area contributed by atoms with Gasteiger partial charge in [-0.25, -0.2) is 0 Å². The Morgan fingerprint density at radius 1 is 0.950 bits per heavy atom. The Balaban J connectivity index is 1.58. The van der Waals surface area contributed by atoms with Crippen LogP contribution in [0, 0.1) is 11.3 Å². The number of hydrogen-bond donors (Lipinski definition) is 1. The summed E-state index contributed by atoms with van der Waals surface area (Å²) in [5.74, 6) is 2.12. The normalized spacial score (nSPS) is 34.2. The number of hydrogen-bond acceptors (Lipinski definition) is 1. The van der Waals surface area contributed by atoms with E-state index >= 15 is 0 Å². The van der Waals surface area contributed by atoms with Gasteiger partial charge in [0.05, 0.1) is 0 Å². The molecule has 1 heteroatoms. The average Bonchev–Trinajstić information content (AvgIpc) is 2.50. The van der Waals surface area contributed by atoms with Crippen LogP contribution in [0.5, 0.6) is 5.75 Å². The minimum atomic E-state index is 0.388. The zero-order valence-electron chi connectivity index (χ0n) is 12.8. The maximum absolute atomic E-state index is 9.40. The second-order valence-corrected chi connectivity index (χ2v) is 7.22. The van der Waals surface area contributed by atoms with Crippen molar-refractivity contribution in [2.75, 3.05) is 0 Å². The van der Waals surface area contributed by atoms with Gasteiger partial charge in [-0.05, 0) is 86.3 Å². The Morgan fingerprint density at radius 3 is 2.05 bits per heavy atom. The first kappa shape index (κ1) is 14.0. The third-order valence-corrected chi connectivity index (χ3v) is 6.15. The summed E-state index contributed by atoms with van der Waals surface area (Å²) in [7, 11) is 0. The zero-order valence-corrected chi connectivity index (χ0v) is 12.8. The third-order valence-electron chi connectivity index (χ3n) is 6.15. The molecule has 0 heterocycles. The summed E-state index contributed by atoms with van der Waals surface area (Å²) in [6.07, 6.45) is 12.8. The topological polar surface area (TPSA) is 20.2 Å². The molecule has 110 valence electrons. The molecule has 0 aromatic heterocycles. The molecular weight excluding hydrogens is 244 g/mol. The molecule has 0 amide bonds. The van der Waals surface area contributed by atoms with E-state index in [0.29, 0.717) is 11.2 Å². The van der Waals surface area contributed by atoms with Crippen molar-refractivity contribution in [2.45, 2.75) is 70.6 Å². The van der Waals surface area contributed by atoms with Crippen LogP contribution in [-0.4, -0.2) is 5.11 Å². The molecule has 0 bridgehead atoms. The smallest absolute Gasteiger partial charge is 0.115 e. The van der Waals surface area contributed by atoms with Gasteiger partial charge < -0.3 is 5.11 Å². The Kier molecular flexibility index (Phi) is 4.05. The summed E-state index contributed by atoms with van der Waals surface area (Å²) < 4.78 is 0. The second kappa shape index (κ2) is 5.79. The maximum atomic E-state index is 9.40. The van der Waals surface area contributed by atoms with E-state index in [1.54, 1.807) is 0 Å². The summed E-state index contributed by atoms with van der Waals surface area (Å²) in [5.41, 5.74) is 2.12. The van der Waals surface area contributed by atoms with Gasteiger partial charge in [-0.3, -0.25) is 0 Å². The first-order valence-corrected chi connectivity index (χ1v) is 8.50. The standard InChI is InChI=1S/C19H28O/c1-2-15-7-11-19(12-8-15)13-9-17(10-14-19)16-3-5-18(20)6-4-16/h3-6,15,17,20H,2,7-14H2,1H3. The highest BCUT2D eigenvalue weighted by molar-refractivity contribution is 5.28. The van der Waals surface area contributed by atoms with Crippen molar-refractivity contribution in [2.24, 2.45) is 11.3 Å². The van der Waals surface area contributed by atoms with Crippen molar-refractivity contribution in [1.82, 2.24) is 0 Å². The predicted molar refractivity (Wildman–Crippen MR) is 84.0 cm³/mol. The van der Waals surface area contributed by atoms with Crippen molar-refractivity contribution < 1.29 is 5.11 Å². The maximum Gasteiger partial charge on any atom is 0.115 e. The lowest BCUT2D eigenvalue weighted by atomic mass is 9.60. The molecular formula is C19H28O. The predicted octanol–water partition coefficient (Wildman–Crippen LogP) is 5.64.